The van der Waals surface area contributed by atoms with Crippen LogP contribution in [0.15, 0.2) is 9.59 Å². The first kappa shape index (κ1) is 12.8. The summed E-state index contributed by atoms with van der Waals surface area (Å²) in [7, 11) is 0. The lowest BCUT2D eigenvalue weighted by Gasteiger charge is -2.29. The molecule has 0 saturated carbocycles. The first-order valence-electron chi connectivity index (χ1n) is 5.91. The second-order valence-electron chi connectivity index (χ2n) is 4.31. The second kappa shape index (κ2) is 5.78. The van der Waals surface area contributed by atoms with Crippen molar-refractivity contribution in [3.63, 3.8) is 0 Å². The van der Waals surface area contributed by atoms with Gasteiger partial charge in [0.05, 0.1) is 13.2 Å². The topological polar surface area (TPSA) is 103 Å². The molecule has 8 heteroatoms. The summed E-state index contributed by atoms with van der Waals surface area (Å²) in [6.07, 6.45) is 0. The van der Waals surface area contributed by atoms with Crippen LogP contribution in [0.5, 0.6) is 0 Å². The number of hydrogen-bond acceptors (Lipinski definition) is 6. The first-order chi connectivity index (χ1) is 8.65. The van der Waals surface area contributed by atoms with Crippen LogP contribution < -0.4 is 16.6 Å². The largest absolute Gasteiger partial charge is 0.379 e. The summed E-state index contributed by atoms with van der Waals surface area (Å²) >= 11 is 0. The molecule has 100 valence electrons. The molecule has 1 atom stereocenters. The van der Waals surface area contributed by atoms with E-state index < -0.39 is 11.2 Å². The molecule has 0 amide bonds. The van der Waals surface area contributed by atoms with Crippen molar-refractivity contribution in [1.82, 2.24) is 20.1 Å². The van der Waals surface area contributed by atoms with E-state index in [1.54, 1.807) is 0 Å². The van der Waals surface area contributed by atoms with Gasteiger partial charge in [0.2, 0.25) is 5.82 Å². The Morgan fingerprint density at radius 1 is 1.44 bits per heavy atom. The van der Waals surface area contributed by atoms with E-state index >= 15 is 0 Å². The number of nitrogens with zero attached hydrogens (tertiary/aromatic N) is 2. The van der Waals surface area contributed by atoms with Gasteiger partial charge in [-0.15, -0.1) is 5.10 Å². The zero-order valence-corrected chi connectivity index (χ0v) is 10.2. The van der Waals surface area contributed by atoms with Crippen LogP contribution in [0.25, 0.3) is 0 Å². The summed E-state index contributed by atoms with van der Waals surface area (Å²) in [5, 5.41) is 8.84. The lowest BCUT2D eigenvalue weighted by atomic mass is 10.3. The number of ether oxygens (including phenoxy) is 1. The van der Waals surface area contributed by atoms with Crippen molar-refractivity contribution in [2.45, 2.75) is 13.0 Å². The summed E-state index contributed by atoms with van der Waals surface area (Å²) in [5.41, 5.74) is -1.11. The summed E-state index contributed by atoms with van der Waals surface area (Å²) < 4.78 is 5.26. The molecule has 1 aliphatic heterocycles. The molecule has 2 heterocycles. The minimum absolute atomic E-state index is 0.0580. The Labute approximate surface area is 103 Å². The number of nitrogens with one attached hydrogen (secondary N) is 3. The number of morpholine rings is 1. The van der Waals surface area contributed by atoms with Gasteiger partial charge in [-0.25, -0.2) is 9.89 Å². The van der Waals surface area contributed by atoms with Crippen molar-refractivity contribution >= 4 is 5.82 Å². The van der Waals surface area contributed by atoms with Crippen molar-refractivity contribution in [2.75, 3.05) is 38.2 Å². The lowest BCUT2D eigenvalue weighted by Crippen LogP contribution is -2.43. The Morgan fingerprint density at radius 2 is 2.17 bits per heavy atom. The van der Waals surface area contributed by atoms with Crippen LogP contribution in [0, 0.1) is 0 Å². The number of rotatable bonds is 4. The average Bonchev–Trinajstić information content (AvgIpc) is 2.34. The zero-order chi connectivity index (χ0) is 13.0. The predicted molar refractivity (Wildman–Crippen MR) is 65.8 cm³/mol. The minimum Gasteiger partial charge on any atom is -0.379 e. The molecule has 0 aliphatic carbocycles. The van der Waals surface area contributed by atoms with Crippen molar-refractivity contribution in [2.24, 2.45) is 0 Å². The molecule has 1 aliphatic rings. The van der Waals surface area contributed by atoms with Gasteiger partial charge in [-0.05, 0) is 6.92 Å². The molecule has 0 bridgehead atoms. The smallest absolute Gasteiger partial charge is 0.342 e. The quantitative estimate of drug-likeness (QED) is 0.611. The molecule has 0 spiro atoms. The maximum Gasteiger partial charge on any atom is 0.342 e. The highest BCUT2D eigenvalue weighted by molar-refractivity contribution is 5.30. The highest BCUT2D eigenvalue weighted by Crippen LogP contribution is 2.01. The molecule has 8 nitrogen and oxygen atoms in total. The third-order valence-electron chi connectivity index (χ3n) is 2.73. The maximum atomic E-state index is 11.4. The van der Waals surface area contributed by atoms with E-state index in [0.29, 0.717) is 0 Å². The fraction of sp³-hybridized carbons (Fsp3) is 0.700. The molecule has 1 aromatic rings. The zero-order valence-electron chi connectivity index (χ0n) is 10.2. The van der Waals surface area contributed by atoms with Crippen LogP contribution in [0.1, 0.15) is 6.92 Å². The standard InChI is InChI=1S/C10H17N5O3/c1-7(6-15-2-4-18-5-3-15)11-8-9(16)12-10(17)14-13-8/h7H,2-6H2,1H3,(H,11,13)(H2,12,14,16,17). The Hall–Kier alpha value is -1.67. The molecular weight excluding hydrogens is 238 g/mol. The number of anilines is 1. The van der Waals surface area contributed by atoms with Gasteiger partial charge in [0, 0.05) is 25.7 Å². The Balaban J connectivity index is 1.91. The third-order valence-corrected chi connectivity index (χ3v) is 2.73. The van der Waals surface area contributed by atoms with Gasteiger partial charge < -0.3 is 10.1 Å². The SMILES string of the molecule is CC(CN1CCOCC1)Nc1n[nH]c(=O)[nH]c1=O. The van der Waals surface area contributed by atoms with Crippen LogP contribution >= 0.6 is 0 Å². The highest BCUT2D eigenvalue weighted by Gasteiger charge is 2.14. The molecule has 1 fully saturated rings. The monoisotopic (exact) mass is 255 g/mol. The molecule has 1 saturated heterocycles. The molecule has 1 aromatic heterocycles. The third kappa shape index (κ3) is 3.41. The fourth-order valence-corrected chi connectivity index (χ4v) is 1.90. The van der Waals surface area contributed by atoms with Crippen LogP contribution in [0.2, 0.25) is 0 Å². The van der Waals surface area contributed by atoms with Crippen molar-refractivity contribution in [1.29, 1.82) is 0 Å². The second-order valence-corrected chi connectivity index (χ2v) is 4.31. The van der Waals surface area contributed by atoms with Gasteiger partial charge in [0.1, 0.15) is 0 Å². The first-order valence-corrected chi connectivity index (χ1v) is 5.91. The van der Waals surface area contributed by atoms with Crippen molar-refractivity contribution < 1.29 is 4.74 Å². The predicted octanol–water partition coefficient (Wildman–Crippen LogP) is -1.41. The highest BCUT2D eigenvalue weighted by atomic mass is 16.5. The van der Waals surface area contributed by atoms with Gasteiger partial charge in [-0.2, -0.15) is 0 Å². The molecule has 1 unspecified atom stereocenters. The van der Waals surface area contributed by atoms with Gasteiger partial charge in [0.25, 0.3) is 5.56 Å². The molecular formula is C10H17N5O3. The number of hydrogen-bond donors (Lipinski definition) is 3. The summed E-state index contributed by atoms with van der Waals surface area (Å²) in [6, 6.07) is 0.0580. The molecule has 3 N–H and O–H groups in total. The fourth-order valence-electron chi connectivity index (χ4n) is 1.90. The molecule has 18 heavy (non-hydrogen) atoms. The summed E-state index contributed by atoms with van der Waals surface area (Å²) in [6.45, 7) is 6.02. The number of H-pyrrole nitrogens is 2. The molecule has 0 aromatic carbocycles. The van der Waals surface area contributed by atoms with Crippen LogP contribution in [-0.4, -0.2) is 59.0 Å². The van der Waals surface area contributed by atoms with Crippen molar-refractivity contribution in [3.05, 3.63) is 20.8 Å². The normalized spacial score (nSPS) is 18.5. The Morgan fingerprint density at radius 3 is 2.83 bits per heavy atom. The number of aromatic nitrogens is 3. The van der Waals surface area contributed by atoms with Gasteiger partial charge in [0.15, 0.2) is 0 Å². The summed E-state index contributed by atoms with van der Waals surface area (Å²) in [5.74, 6) is 0.135. The van der Waals surface area contributed by atoms with E-state index in [1.807, 2.05) is 6.92 Å². The maximum absolute atomic E-state index is 11.4. The van der Waals surface area contributed by atoms with E-state index in [0.717, 1.165) is 32.8 Å². The van der Waals surface area contributed by atoms with Crippen molar-refractivity contribution in [3.8, 4) is 0 Å². The number of aromatic amines is 2. The van der Waals surface area contributed by atoms with E-state index in [4.69, 9.17) is 4.74 Å². The average molecular weight is 255 g/mol. The van der Waals surface area contributed by atoms with Gasteiger partial charge >= 0.3 is 5.69 Å². The van der Waals surface area contributed by atoms with E-state index in [1.165, 1.54) is 0 Å². The molecule has 0 radical (unpaired) electrons. The van der Waals surface area contributed by atoms with Gasteiger partial charge in [-0.3, -0.25) is 14.7 Å². The minimum atomic E-state index is -0.605. The van der Waals surface area contributed by atoms with E-state index in [2.05, 4.69) is 25.4 Å². The molecule has 2 rings (SSSR count). The Kier molecular flexibility index (Phi) is 4.11. The van der Waals surface area contributed by atoms with E-state index in [-0.39, 0.29) is 11.9 Å². The van der Waals surface area contributed by atoms with Crippen LogP contribution in [0.3, 0.4) is 0 Å². The van der Waals surface area contributed by atoms with Gasteiger partial charge in [-0.1, -0.05) is 0 Å². The van der Waals surface area contributed by atoms with Crippen LogP contribution in [-0.2, 0) is 4.74 Å². The summed E-state index contributed by atoms with van der Waals surface area (Å²) in [4.78, 5) is 26.6. The lowest BCUT2D eigenvalue weighted by molar-refractivity contribution is 0.0368. The van der Waals surface area contributed by atoms with E-state index in [9.17, 15) is 9.59 Å². The van der Waals surface area contributed by atoms with Crippen LogP contribution in [0.4, 0.5) is 5.82 Å². The Bertz CT molecular complexity index is 491.